The standard InChI is InChI=1S/C28H38O9/c1-27(2,3)36-25(30)17-34-24-16-19(11-14-22(24)35-26(31)37-28(4,5)6)20(29)12-9-18-10-13-21(32-7)23(15-18)33-8/h10-11,13-16,20,29H,9,12,17H2,1-8H3. The van der Waals surface area contributed by atoms with Crippen molar-refractivity contribution in [3.05, 3.63) is 47.5 Å². The SMILES string of the molecule is COc1ccc(CCC(O)c2ccc(OC(=O)OC(C)(C)C)c(OCC(=O)OC(C)(C)C)c2)cc1OC. The molecule has 0 aromatic heterocycles. The number of aryl methyl sites for hydroxylation is 1. The normalized spacial score (nSPS) is 12.4. The fourth-order valence-corrected chi connectivity index (χ4v) is 3.30. The van der Waals surface area contributed by atoms with E-state index in [1.54, 1.807) is 61.8 Å². The molecule has 0 heterocycles. The van der Waals surface area contributed by atoms with Crippen LogP contribution in [0.2, 0.25) is 0 Å². The van der Waals surface area contributed by atoms with Gasteiger partial charge in [-0.3, -0.25) is 0 Å². The maximum Gasteiger partial charge on any atom is 0.514 e. The van der Waals surface area contributed by atoms with Crippen molar-refractivity contribution in [2.75, 3.05) is 20.8 Å². The monoisotopic (exact) mass is 518 g/mol. The van der Waals surface area contributed by atoms with Crippen LogP contribution in [0.3, 0.4) is 0 Å². The molecule has 1 unspecified atom stereocenters. The molecule has 1 atom stereocenters. The van der Waals surface area contributed by atoms with E-state index >= 15 is 0 Å². The van der Waals surface area contributed by atoms with Crippen LogP contribution < -0.4 is 18.9 Å². The van der Waals surface area contributed by atoms with Gasteiger partial charge in [0, 0.05) is 0 Å². The average molecular weight is 519 g/mol. The third-order valence-electron chi connectivity index (χ3n) is 4.86. The number of ether oxygens (including phenoxy) is 6. The van der Waals surface area contributed by atoms with Crippen molar-refractivity contribution in [3.63, 3.8) is 0 Å². The van der Waals surface area contributed by atoms with Crippen LogP contribution in [0.25, 0.3) is 0 Å². The molecule has 0 saturated carbocycles. The van der Waals surface area contributed by atoms with E-state index in [2.05, 4.69) is 0 Å². The molecule has 9 heteroatoms. The number of carbonyl (C=O) groups excluding carboxylic acids is 2. The van der Waals surface area contributed by atoms with Crippen LogP contribution in [0.4, 0.5) is 4.79 Å². The lowest BCUT2D eigenvalue weighted by Gasteiger charge is -2.21. The number of benzene rings is 2. The molecule has 0 aliphatic rings. The number of hydrogen-bond donors (Lipinski definition) is 1. The smallest absolute Gasteiger partial charge is 0.493 e. The molecule has 1 N–H and O–H groups in total. The minimum atomic E-state index is -0.920. The van der Waals surface area contributed by atoms with Crippen molar-refractivity contribution < 1.29 is 43.1 Å². The first-order valence-corrected chi connectivity index (χ1v) is 12.0. The number of rotatable bonds is 10. The summed E-state index contributed by atoms with van der Waals surface area (Å²) in [6.45, 7) is 9.98. The van der Waals surface area contributed by atoms with Crippen LogP contribution in [0.15, 0.2) is 36.4 Å². The highest BCUT2D eigenvalue weighted by molar-refractivity contribution is 5.72. The van der Waals surface area contributed by atoms with Gasteiger partial charge in [-0.25, -0.2) is 9.59 Å². The zero-order chi connectivity index (χ0) is 27.8. The Morgan fingerprint density at radius 2 is 1.43 bits per heavy atom. The number of methoxy groups -OCH3 is 2. The van der Waals surface area contributed by atoms with Crippen LogP contribution >= 0.6 is 0 Å². The van der Waals surface area contributed by atoms with Gasteiger partial charge in [0.1, 0.15) is 11.2 Å². The van der Waals surface area contributed by atoms with Gasteiger partial charge in [-0.2, -0.15) is 0 Å². The van der Waals surface area contributed by atoms with E-state index in [1.165, 1.54) is 12.1 Å². The van der Waals surface area contributed by atoms with Crippen molar-refractivity contribution in [3.8, 4) is 23.0 Å². The summed E-state index contributed by atoms with van der Waals surface area (Å²) < 4.78 is 32.1. The lowest BCUT2D eigenvalue weighted by molar-refractivity contribution is -0.157. The predicted octanol–water partition coefficient (Wildman–Crippen LogP) is 5.40. The Bertz CT molecular complexity index is 1060. The zero-order valence-electron chi connectivity index (χ0n) is 22.9. The predicted molar refractivity (Wildman–Crippen MR) is 137 cm³/mol. The molecule has 9 nitrogen and oxygen atoms in total. The van der Waals surface area contributed by atoms with Gasteiger partial charge >= 0.3 is 12.1 Å². The largest absolute Gasteiger partial charge is 0.514 e. The lowest BCUT2D eigenvalue weighted by Crippen LogP contribution is -2.28. The highest BCUT2D eigenvalue weighted by atomic mass is 16.7. The number of esters is 1. The van der Waals surface area contributed by atoms with E-state index < -0.39 is 36.0 Å². The zero-order valence-corrected chi connectivity index (χ0v) is 22.9. The van der Waals surface area contributed by atoms with Crippen molar-refractivity contribution in [1.82, 2.24) is 0 Å². The van der Waals surface area contributed by atoms with Gasteiger partial charge in [0.15, 0.2) is 29.6 Å². The van der Waals surface area contributed by atoms with Crippen LogP contribution in [0.1, 0.15) is 65.2 Å². The third-order valence-corrected chi connectivity index (χ3v) is 4.86. The van der Waals surface area contributed by atoms with Crippen molar-refractivity contribution in [2.24, 2.45) is 0 Å². The van der Waals surface area contributed by atoms with Gasteiger partial charge < -0.3 is 33.5 Å². The Hall–Kier alpha value is -3.46. The highest BCUT2D eigenvalue weighted by Crippen LogP contribution is 2.34. The molecule has 2 aromatic rings. The maximum atomic E-state index is 12.2. The topological polar surface area (TPSA) is 110 Å². The van der Waals surface area contributed by atoms with Gasteiger partial charge in [-0.1, -0.05) is 12.1 Å². The summed E-state index contributed by atoms with van der Waals surface area (Å²) in [5.74, 6) is 0.790. The molecule has 0 saturated heterocycles. The Morgan fingerprint density at radius 1 is 0.811 bits per heavy atom. The van der Waals surface area contributed by atoms with Gasteiger partial charge in [0.2, 0.25) is 0 Å². The van der Waals surface area contributed by atoms with E-state index in [4.69, 9.17) is 28.4 Å². The molecule has 0 amide bonds. The van der Waals surface area contributed by atoms with Gasteiger partial charge in [-0.05, 0) is 89.8 Å². The second kappa shape index (κ2) is 12.7. The van der Waals surface area contributed by atoms with Crippen LogP contribution in [0, 0.1) is 0 Å². The summed E-state index contributed by atoms with van der Waals surface area (Å²) in [5, 5.41) is 10.9. The first kappa shape index (κ1) is 29.8. The van der Waals surface area contributed by atoms with Crippen LogP contribution in [-0.4, -0.2) is 49.3 Å². The third kappa shape index (κ3) is 10.2. The highest BCUT2D eigenvalue weighted by Gasteiger charge is 2.22. The van der Waals surface area contributed by atoms with E-state index in [-0.39, 0.29) is 11.5 Å². The quantitative estimate of drug-likeness (QED) is 0.326. The summed E-state index contributed by atoms with van der Waals surface area (Å²) in [7, 11) is 3.14. The molecule has 0 spiro atoms. The summed E-state index contributed by atoms with van der Waals surface area (Å²) in [5.41, 5.74) is 0.0482. The fraction of sp³-hybridized carbons (Fsp3) is 0.500. The molecule has 204 valence electrons. The Kier molecular flexibility index (Phi) is 10.2. The maximum absolute atomic E-state index is 12.2. The van der Waals surface area contributed by atoms with Gasteiger partial charge in [0.25, 0.3) is 0 Å². The van der Waals surface area contributed by atoms with Crippen molar-refractivity contribution >= 4 is 12.1 Å². The summed E-state index contributed by atoms with van der Waals surface area (Å²) in [6, 6.07) is 10.2. The van der Waals surface area contributed by atoms with E-state index in [0.717, 1.165) is 5.56 Å². The van der Waals surface area contributed by atoms with E-state index in [9.17, 15) is 14.7 Å². The number of hydrogen-bond acceptors (Lipinski definition) is 9. The molecule has 0 aliphatic carbocycles. The molecule has 0 radical (unpaired) electrons. The van der Waals surface area contributed by atoms with Crippen molar-refractivity contribution in [1.29, 1.82) is 0 Å². The van der Waals surface area contributed by atoms with Gasteiger partial charge in [-0.15, -0.1) is 0 Å². The molecule has 0 aliphatic heterocycles. The van der Waals surface area contributed by atoms with Gasteiger partial charge in [0.05, 0.1) is 20.3 Å². The van der Waals surface area contributed by atoms with Crippen molar-refractivity contribution in [2.45, 2.75) is 71.7 Å². The lowest BCUT2D eigenvalue weighted by atomic mass is 10.0. The summed E-state index contributed by atoms with van der Waals surface area (Å²) >= 11 is 0. The van der Waals surface area contributed by atoms with E-state index in [1.807, 2.05) is 18.2 Å². The average Bonchev–Trinajstić information content (AvgIpc) is 2.79. The summed E-state index contributed by atoms with van der Waals surface area (Å²) in [4.78, 5) is 24.4. The molecule has 37 heavy (non-hydrogen) atoms. The number of aliphatic hydroxyl groups excluding tert-OH is 1. The Balaban J connectivity index is 2.19. The minimum absolute atomic E-state index is 0.0497. The molecular formula is C28H38O9. The van der Waals surface area contributed by atoms with Crippen LogP contribution in [0.5, 0.6) is 23.0 Å². The fourth-order valence-electron chi connectivity index (χ4n) is 3.30. The second-order valence-electron chi connectivity index (χ2n) is 10.4. The molecular weight excluding hydrogens is 480 g/mol. The number of carbonyl (C=O) groups is 2. The first-order chi connectivity index (χ1) is 17.2. The Morgan fingerprint density at radius 3 is 2.03 bits per heavy atom. The second-order valence-corrected chi connectivity index (χ2v) is 10.4. The minimum Gasteiger partial charge on any atom is -0.493 e. The molecule has 0 fully saturated rings. The molecule has 0 bridgehead atoms. The summed E-state index contributed by atoms with van der Waals surface area (Å²) in [6.07, 6.45) is -0.817. The van der Waals surface area contributed by atoms with Crippen LogP contribution in [-0.2, 0) is 20.7 Å². The Labute approximate surface area is 218 Å². The molecule has 2 rings (SSSR count). The number of aliphatic hydroxyl groups is 1. The van der Waals surface area contributed by atoms with E-state index in [0.29, 0.717) is 29.9 Å². The molecule has 2 aromatic carbocycles. The first-order valence-electron chi connectivity index (χ1n) is 12.0.